The first kappa shape index (κ1) is 13.4. The molecule has 0 amide bonds. The summed E-state index contributed by atoms with van der Waals surface area (Å²) in [5, 5.41) is 3.48. The molecular formula is C19H18N2. The van der Waals surface area contributed by atoms with E-state index >= 15 is 0 Å². The van der Waals surface area contributed by atoms with E-state index in [1.807, 2.05) is 12.3 Å². The van der Waals surface area contributed by atoms with Crippen LogP contribution in [-0.2, 0) is 6.54 Å². The van der Waals surface area contributed by atoms with E-state index in [2.05, 4.69) is 77.9 Å². The van der Waals surface area contributed by atoms with Crippen LogP contribution in [0.2, 0.25) is 0 Å². The maximum Gasteiger partial charge on any atom is 0.0594 e. The maximum atomic E-state index is 4.43. The minimum Gasteiger partial charge on any atom is -0.379 e. The summed E-state index contributed by atoms with van der Waals surface area (Å²) in [6.07, 6.45) is 1.90. The highest BCUT2D eigenvalue weighted by Gasteiger charge is 2.04. The van der Waals surface area contributed by atoms with Gasteiger partial charge in [0.1, 0.15) is 0 Å². The first-order chi connectivity index (χ1) is 10.3. The molecule has 1 heterocycles. The number of aryl methyl sites for hydroxylation is 1. The number of benzene rings is 2. The van der Waals surface area contributed by atoms with Gasteiger partial charge in [-0.15, -0.1) is 0 Å². The average Bonchev–Trinajstić information content (AvgIpc) is 2.55. The van der Waals surface area contributed by atoms with Crippen LogP contribution in [0.5, 0.6) is 0 Å². The topological polar surface area (TPSA) is 24.9 Å². The van der Waals surface area contributed by atoms with Crippen molar-refractivity contribution in [3.8, 4) is 11.1 Å². The summed E-state index contributed by atoms with van der Waals surface area (Å²) in [6.45, 7) is 2.78. The van der Waals surface area contributed by atoms with Gasteiger partial charge in [0.2, 0.25) is 0 Å². The van der Waals surface area contributed by atoms with Crippen LogP contribution in [0, 0.1) is 6.92 Å². The standard InChI is InChI=1S/C19H18N2/c1-15-11-12-17(20-13-15)14-21-19-10-6-5-9-18(19)16-7-3-2-4-8-16/h2-13,21H,14H2,1H3. The number of anilines is 1. The van der Waals surface area contributed by atoms with E-state index in [0.717, 1.165) is 17.9 Å². The van der Waals surface area contributed by atoms with Gasteiger partial charge in [-0.2, -0.15) is 0 Å². The third-order valence-corrected chi connectivity index (χ3v) is 3.44. The molecule has 0 aliphatic carbocycles. The molecule has 0 saturated carbocycles. The number of hydrogen-bond acceptors (Lipinski definition) is 2. The van der Waals surface area contributed by atoms with Crippen molar-refractivity contribution in [1.29, 1.82) is 0 Å². The van der Waals surface area contributed by atoms with Crippen molar-refractivity contribution in [2.75, 3.05) is 5.32 Å². The Bertz CT molecular complexity index is 703. The molecule has 0 spiro atoms. The van der Waals surface area contributed by atoms with Gasteiger partial charge in [0, 0.05) is 17.4 Å². The molecule has 3 rings (SSSR count). The Morgan fingerprint density at radius 3 is 2.38 bits per heavy atom. The number of hydrogen-bond donors (Lipinski definition) is 1. The molecule has 1 aromatic heterocycles. The molecule has 0 saturated heterocycles. The Labute approximate surface area is 125 Å². The van der Waals surface area contributed by atoms with Crippen LogP contribution in [0.1, 0.15) is 11.3 Å². The third kappa shape index (κ3) is 3.29. The molecule has 0 aliphatic rings. The van der Waals surface area contributed by atoms with Crippen LogP contribution in [0.3, 0.4) is 0 Å². The van der Waals surface area contributed by atoms with Gasteiger partial charge < -0.3 is 5.32 Å². The first-order valence-electron chi connectivity index (χ1n) is 7.13. The Hall–Kier alpha value is -2.61. The van der Waals surface area contributed by atoms with Crippen molar-refractivity contribution in [2.45, 2.75) is 13.5 Å². The fourth-order valence-corrected chi connectivity index (χ4v) is 2.30. The number of aromatic nitrogens is 1. The monoisotopic (exact) mass is 274 g/mol. The van der Waals surface area contributed by atoms with Crippen molar-refractivity contribution in [2.24, 2.45) is 0 Å². The van der Waals surface area contributed by atoms with E-state index in [1.54, 1.807) is 0 Å². The zero-order valence-electron chi connectivity index (χ0n) is 12.1. The number of para-hydroxylation sites is 1. The van der Waals surface area contributed by atoms with Crippen molar-refractivity contribution in [3.63, 3.8) is 0 Å². The largest absolute Gasteiger partial charge is 0.379 e. The molecule has 0 bridgehead atoms. The van der Waals surface area contributed by atoms with Gasteiger partial charge in [0.05, 0.1) is 12.2 Å². The van der Waals surface area contributed by atoms with Gasteiger partial charge in [-0.3, -0.25) is 4.98 Å². The molecule has 104 valence electrons. The van der Waals surface area contributed by atoms with Gasteiger partial charge >= 0.3 is 0 Å². The molecule has 0 unspecified atom stereocenters. The smallest absolute Gasteiger partial charge is 0.0594 e. The molecule has 21 heavy (non-hydrogen) atoms. The summed E-state index contributed by atoms with van der Waals surface area (Å²) in [5.74, 6) is 0. The molecule has 0 aliphatic heterocycles. The van der Waals surface area contributed by atoms with Crippen molar-refractivity contribution in [1.82, 2.24) is 4.98 Å². The SMILES string of the molecule is Cc1ccc(CNc2ccccc2-c2ccccc2)nc1. The molecule has 1 N–H and O–H groups in total. The van der Waals surface area contributed by atoms with E-state index in [0.29, 0.717) is 0 Å². The van der Waals surface area contributed by atoms with E-state index in [4.69, 9.17) is 0 Å². The van der Waals surface area contributed by atoms with E-state index in [9.17, 15) is 0 Å². The first-order valence-corrected chi connectivity index (χ1v) is 7.13. The van der Waals surface area contributed by atoms with Gasteiger partial charge in [0.15, 0.2) is 0 Å². The number of nitrogens with one attached hydrogen (secondary N) is 1. The van der Waals surface area contributed by atoms with Crippen molar-refractivity contribution >= 4 is 5.69 Å². The van der Waals surface area contributed by atoms with Crippen LogP contribution in [0.15, 0.2) is 72.9 Å². The summed E-state index contributed by atoms with van der Waals surface area (Å²) in [7, 11) is 0. The van der Waals surface area contributed by atoms with Gasteiger partial charge in [-0.25, -0.2) is 0 Å². The summed E-state index contributed by atoms with van der Waals surface area (Å²) in [5.41, 5.74) is 5.79. The molecule has 2 heteroatoms. The summed E-state index contributed by atoms with van der Waals surface area (Å²) in [4.78, 5) is 4.43. The zero-order chi connectivity index (χ0) is 14.5. The summed E-state index contributed by atoms with van der Waals surface area (Å²) >= 11 is 0. The van der Waals surface area contributed by atoms with E-state index < -0.39 is 0 Å². The lowest BCUT2D eigenvalue weighted by atomic mass is 10.0. The fourth-order valence-electron chi connectivity index (χ4n) is 2.30. The highest BCUT2D eigenvalue weighted by atomic mass is 14.9. The fraction of sp³-hybridized carbons (Fsp3) is 0.105. The Morgan fingerprint density at radius 2 is 1.62 bits per heavy atom. The predicted molar refractivity (Wildman–Crippen MR) is 88.2 cm³/mol. The highest BCUT2D eigenvalue weighted by Crippen LogP contribution is 2.27. The van der Waals surface area contributed by atoms with Gasteiger partial charge in [-0.1, -0.05) is 54.6 Å². The molecule has 3 aromatic rings. The van der Waals surface area contributed by atoms with Gasteiger partial charge in [0.25, 0.3) is 0 Å². The van der Waals surface area contributed by atoms with Gasteiger partial charge in [-0.05, 0) is 30.2 Å². The molecule has 0 atom stereocenters. The zero-order valence-corrected chi connectivity index (χ0v) is 12.1. The molecular weight excluding hydrogens is 256 g/mol. The van der Waals surface area contributed by atoms with Crippen LogP contribution >= 0.6 is 0 Å². The van der Waals surface area contributed by atoms with E-state index in [1.165, 1.54) is 16.7 Å². The Morgan fingerprint density at radius 1 is 0.857 bits per heavy atom. The Balaban J connectivity index is 1.81. The second kappa shape index (κ2) is 6.23. The number of nitrogens with zero attached hydrogens (tertiary/aromatic N) is 1. The molecule has 2 aromatic carbocycles. The minimum atomic E-state index is 0.726. The Kier molecular flexibility index (Phi) is 3.97. The lowest BCUT2D eigenvalue weighted by Gasteiger charge is -2.12. The number of pyridine rings is 1. The predicted octanol–water partition coefficient (Wildman–Crippen LogP) is 4.67. The molecule has 0 fully saturated rings. The lowest BCUT2D eigenvalue weighted by Crippen LogP contribution is -2.02. The lowest BCUT2D eigenvalue weighted by molar-refractivity contribution is 1.04. The third-order valence-electron chi connectivity index (χ3n) is 3.44. The van der Waals surface area contributed by atoms with Crippen LogP contribution in [0.25, 0.3) is 11.1 Å². The second-order valence-electron chi connectivity index (χ2n) is 5.09. The maximum absolute atomic E-state index is 4.43. The van der Waals surface area contributed by atoms with Crippen LogP contribution in [0.4, 0.5) is 5.69 Å². The van der Waals surface area contributed by atoms with Crippen LogP contribution in [-0.4, -0.2) is 4.98 Å². The van der Waals surface area contributed by atoms with Crippen molar-refractivity contribution < 1.29 is 0 Å². The molecule has 2 nitrogen and oxygen atoms in total. The van der Waals surface area contributed by atoms with Crippen molar-refractivity contribution in [3.05, 3.63) is 84.2 Å². The van der Waals surface area contributed by atoms with E-state index in [-0.39, 0.29) is 0 Å². The van der Waals surface area contributed by atoms with Crippen LogP contribution < -0.4 is 5.32 Å². The highest BCUT2D eigenvalue weighted by molar-refractivity contribution is 5.77. The number of rotatable bonds is 4. The average molecular weight is 274 g/mol. The second-order valence-corrected chi connectivity index (χ2v) is 5.09. The quantitative estimate of drug-likeness (QED) is 0.748. The normalized spacial score (nSPS) is 10.3. The summed E-state index contributed by atoms with van der Waals surface area (Å²) < 4.78 is 0. The summed E-state index contributed by atoms with van der Waals surface area (Å²) in [6, 6.07) is 22.9. The molecule has 0 radical (unpaired) electrons. The minimum absolute atomic E-state index is 0.726.